The molecule has 3 aromatic rings. The number of nitro groups is 1. The minimum absolute atomic E-state index is 0.0343. The summed E-state index contributed by atoms with van der Waals surface area (Å²) in [6, 6.07) is 16.2. The van der Waals surface area contributed by atoms with Crippen molar-refractivity contribution in [3.63, 3.8) is 0 Å². The summed E-state index contributed by atoms with van der Waals surface area (Å²) >= 11 is 0. The van der Waals surface area contributed by atoms with Crippen LogP contribution in [0.1, 0.15) is 12.8 Å². The van der Waals surface area contributed by atoms with Crippen molar-refractivity contribution in [3.8, 4) is 11.4 Å². The first-order valence-corrected chi connectivity index (χ1v) is 10.4. The van der Waals surface area contributed by atoms with E-state index in [0.29, 0.717) is 11.6 Å². The Balaban J connectivity index is 1.27. The molecule has 0 aliphatic carbocycles. The number of benzene rings is 2. The molecule has 160 valence electrons. The summed E-state index contributed by atoms with van der Waals surface area (Å²) in [5.74, 6) is 1.37. The van der Waals surface area contributed by atoms with Gasteiger partial charge >= 0.3 is 0 Å². The summed E-state index contributed by atoms with van der Waals surface area (Å²) in [4.78, 5) is 29.4. The number of anilines is 1. The van der Waals surface area contributed by atoms with Crippen LogP contribution in [0.15, 0.2) is 67.0 Å². The first-order valence-electron chi connectivity index (χ1n) is 10.4. The molecule has 2 aromatic carbocycles. The topological polar surface area (TPSA) is 93.3 Å². The van der Waals surface area contributed by atoms with Gasteiger partial charge in [0.25, 0.3) is 5.69 Å². The van der Waals surface area contributed by atoms with Crippen LogP contribution in [0.4, 0.5) is 11.4 Å². The van der Waals surface area contributed by atoms with Crippen LogP contribution in [0.25, 0.3) is 11.4 Å². The molecule has 4 rings (SSSR count). The van der Waals surface area contributed by atoms with Gasteiger partial charge in [0.05, 0.1) is 11.5 Å². The Morgan fingerprint density at radius 3 is 2.65 bits per heavy atom. The number of amides is 1. The van der Waals surface area contributed by atoms with Gasteiger partial charge in [-0.1, -0.05) is 36.4 Å². The zero-order valence-corrected chi connectivity index (χ0v) is 17.2. The van der Waals surface area contributed by atoms with E-state index in [1.807, 2.05) is 30.6 Å². The average molecular weight is 419 g/mol. The van der Waals surface area contributed by atoms with Crippen molar-refractivity contribution in [1.29, 1.82) is 0 Å². The molecule has 1 saturated heterocycles. The van der Waals surface area contributed by atoms with E-state index in [1.165, 1.54) is 12.1 Å². The van der Waals surface area contributed by atoms with E-state index in [0.717, 1.165) is 43.9 Å². The summed E-state index contributed by atoms with van der Waals surface area (Å²) in [5, 5.41) is 13.6. The smallest absolute Gasteiger partial charge is 0.271 e. The lowest BCUT2D eigenvalue weighted by Gasteiger charge is -2.31. The summed E-state index contributed by atoms with van der Waals surface area (Å²) in [7, 11) is 0. The van der Waals surface area contributed by atoms with Gasteiger partial charge in [0.2, 0.25) is 5.91 Å². The van der Waals surface area contributed by atoms with Crippen LogP contribution >= 0.6 is 0 Å². The highest BCUT2D eigenvalue weighted by atomic mass is 16.6. The van der Waals surface area contributed by atoms with Gasteiger partial charge in [-0.25, -0.2) is 4.98 Å². The minimum atomic E-state index is -0.468. The highest BCUT2D eigenvalue weighted by Gasteiger charge is 2.22. The number of nitro benzene ring substituents is 1. The predicted molar refractivity (Wildman–Crippen MR) is 119 cm³/mol. The molecule has 0 spiro atoms. The molecule has 1 N–H and O–H groups in total. The minimum Gasteiger partial charge on any atom is -0.331 e. The number of carbonyl (C=O) groups is 1. The molecule has 31 heavy (non-hydrogen) atoms. The van der Waals surface area contributed by atoms with E-state index < -0.39 is 4.92 Å². The van der Waals surface area contributed by atoms with Gasteiger partial charge in [-0.3, -0.25) is 19.8 Å². The van der Waals surface area contributed by atoms with Gasteiger partial charge in [0, 0.05) is 42.3 Å². The lowest BCUT2D eigenvalue weighted by Crippen LogP contribution is -2.40. The van der Waals surface area contributed by atoms with E-state index in [2.05, 4.69) is 31.9 Å². The fourth-order valence-electron chi connectivity index (χ4n) is 4.01. The highest BCUT2D eigenvalue weighted by molar-refractivity contribution is 5.92. The molecule has 8 nitrogen and oxygen atoms in total. The molecule has 1 aromatic heterocycles. The van der Waals surface area contributed by atoms with Crippen LogP contribution in [0.2, 0.25) is 0 Å². The summed E-state index contributed by atoms with van der Waals surface area (Å²) in [6.45, 7) is 2.90. The zero-order valence-electron chi connectivity index (χ0n) is 17.2. The Bertz CT molecular complexity index is 1040. The molecule has 0 saturated carbocycles. The fraction of sp³-hybridized carbons (Fsp3) is 0.304. The standard InChI is InChI=1S/C23H25N5O3/c29-22(25-20-7-4-8-21(15-20)28(30)31)17-26-12-9-18(10-13-26)16-27-14-11-24-23(27)19-5-2-1-3-6-19/h1-8,11,14-15,18H,9-10,12-13,16-17H2,(H,25,29). The molecule has 1 fully saturated rings. The molecule has 0 bridgehead atoms. The van der Waals surface area contributed by atoms with Crippen molar-refractivity contribution in [3.05, 3.63) is 77.1 Å². The van der Waals surface area contributed by atoms with Crippen LogP contribution in [-0.2, 0) is 11.3 Å². The number of likely N-dealkylation sites (tertiary alicyclic amines) is 1. The second-order valence-electron chi connectivity index (χ2n) is 7.84. The van der Waals surface area contributed by atoms with Crippen LogP contribution in [0, 0.1) is 16.0 Å². The molecule has 0 unspecified atom stereocenters. The fourth-order valence-corrected chi connectivity index (χ4v) is 4.01. The van der Waals surface area contributed by atoms with Gasteiger partial charge in [0.1, 0.15) is 5.82 Å². The van der Waals surface area contributed by atoms with E-state index in [4.69, 9.17) is 0 Å². The number of nitrogens with zero attached hydrogens (tertiary/aromatic N) is 4. The third kappa shape index (κ3) is 5.35. The second-order valence-corrected chi connectivity index (χ2v) is 7.84. The third-order valence-corrected chi connectivity index (χ3v) is 5.62. The Kier molecular flexibility index (Phi) is 6.37. The predicted octanol–water partition coefficient (Wildman–Crippen LogP) is 3.81. The zero-order chi connectivity index (χ0) is 21.6. The number of piperidine rings is 1. The van der Waals surface area contributed by atoms with Crippen molar-refractivity contribution in [2.75, 3.05) is 25.0 Å². The summed E-state index contributed by atoms with van der Waals surface area (Å²) in [5.41, 5.74) is 1.53. The van der Waals surface area contributed by atoms with Gasteiger partial charge in [-0.15, -0.1) is 0 Å². The molecule has 1 amide bonds. The third-order valence-electron chi connectivity index (χ3n) is 5.62. The number of hydrogen-bond acceptors (Lipinski definition) is 5. The molecule has 0 radical (unpaired) electrons. The number of non-ortho nitro benzene ring substituents is 1. The van der Waals surface area contributed by atoms with Crippen molar-refractivity contribution >= 4 is 17.3 Å². The summed E-state index contributed by atoms with van der Waals surface area (Å²) in [6.07, 6.45) is 5.89. The Labute approximate surface area is 180 Å². The van der Waals surface area contributed by atoms with E-state index in [-0.39, 0.29) is 18.1 Å². The Morgan fingerprint density at radius 2 is 1.90 bits per heavy atom. The van der Waals surface area contributed by atoms with E-state index in [1.54, 1.807) is 12.1 Å². The monoisotopic (exact) mass is 419 g/mol. The number of carbonyl (C=O) groups excluding carboxylic acids is 1. The first kappa shape index (κ1) is 20.7. The van der Waals surface area contributed by atoms with E-state index in [9.17, 15) is 14.9 Å². The number of rotatable bonds is 7. The number of aromatic nitrogens is 2. The maximum Gasteiger partial charge on any atom is 0.271 e. The van der Waals surface area contributed by atoms with Crippen molar-refractivity contribution in [1.82, 2.24) is 14.5 Å². The summed E-state index contributed by atoms with van der Waals surface area (Å²) < 4.78 is 2.21. The lowest BCUT2D eigenvalue weighted by atomic mass is 9.96. The first-order chi connectivity index (χ1) is 15.1. The quantitative estimate of drug-likeness (QED) is 0.464. The number of imidazole rings is 1. The largest absolute Gasteiger partial charge is 0.331 e. The molecule has 2 heterocycles. The molecule has 0 atom stereocenters. The molecular formula is C23H25N5O3. The molecule has 8 heteroatoms. The molecular weight excluding hydrogens is 394 g/mol. The van der Waals surface area contributed by atoms with E-state index >= 15 is 0 Å². The lowest BCUT2D eigenvalue weighted by molar-refractivity contribution is -0.384. The Hall–Kier alpha value is -3.52. The average Bonchev–Trinajstić information content (AvgIpc) is 3.24. The highest BCUT2D eigenvalue weighted by Crippen LogP contribution is 2.23. The van der Waals surface area contributed by atoms with Crippen LogP contribution < -0.4 is 5.32 Å². The normalized spacial score (nSPS) is 15.0. The van der Waals surface area contributed by atoms with Crippen molar-refractivity contribution in [2.24, 2.45) is 5.92 Å². The number of hydrogen-bond donors (Lipinski definition) is 1. The van der Waals surface area contributed by atoms with Gasteiger partial charge in [0.15, 0.2) is 0 Å². The van der Waals surface area contributed by atoms with Gasteiger partial charge < -0.3 is 9.88 Å². The molecule has 1 aliphatic heterocycles. The maximum atomic E-state index is 12.4. The van der Waals surface area contributed by atoms with Crippen LogP contribution in [0.5, 0.6) is 0 Å². The molecule has 1 aliphatic rings. The van der Waals surface area contributed by atoms with Gasteiger partial charge in [-0.05, 0) is 37.9 Å². The van der Waals surface area contributed by atoms with Crippen LogP contribution in [0.3, 0.4) is 0 Å². The number of nitrogens with one attached hydrogen (secondary N) is 1. The van der Waals surface area contributed by atoms with Crippen molar-refractivity contribution < 1.29 is 9.72 Å². The second kappa shape index (κ2) is 9.53. The SMILES string of the molecule is O=C(CN1CCC(Cn2ccnc2-c2ccccc2)CC1)Nc1cccc([N+](=O)[O-])c1. The Morgan fingerprint density at radius 1 is 1.13 bits per heavy atom. The van der Waals surface area contributed by atoms with Crippen LogP contribution in [-0.4, -0.2) is 44.9 Å². The van der Waals surface area contributed by atoms with Crippen molar-refractivity contribution in [2.45, 2.75) is 19.4 Å². The van der Waals surface area contributed by atoms with Gasteiger partial charge in [-0.2, -0.15) is 0 Å². The maximum absolute atomic E-state index is 12.4.